The summed E-state index contributed by atoms with van der Waals surface area (Å²) in [5.41, 5.74) is 2.94. The maximum atomic E-state index is 12.8. The molecule has 2 amide bonds. The molecule has 3 rings (SSSR count). The molecule has 0 atom stereocenters. The van der Waals surface area contributed by atoms with Crippen LogP contribution in [0.5, 0.6) is 0 Å². The summed E-state index contributed by atoms with van der Waals surface area (Å²) in [6.07, 6.45) is 1.29. The van der Waals surface area contributed by atoms with Gasteiger partial charge in [0.15, 0.2) is 0 Å². The van der Waals surface area contributed by atoms with Crippen molar-refractivity contribution in [1.82, 2.24) is 9.80 Å². The Bertz CT molecular complexity index is 755. The van der Waals surface area contributed by atoms with E-state index < -0.39 is 0 Å². The first kappa shape index (κ1) is 17.7. The summed E-state index contributed by atoms with van der Waals surface area (Å²) in [6.45, 7) is 6.65. The van der Waals surface area contributed by atoms with E-state index in [1.807, 2.05) is 59.4 Å². The lowest BCUT2D eigenvalue weighted by Gasteiger charge is -2.23. The van der Waals surface area contributed by atoms with Gasteiger partial charge in [-0.15, -0.1) is 11.3 Å². The fraction of sp³-hybridized carbons (Fsp3) is 0.400. The van der Waals surface area contributed by atoms with Gasteiger partial charge in [0.25, 0.3) is 5.91 Å². The van der Waals surface area contributed by atoms with Crippen LogP contribution in [0.2, 0.25) is 0 Å². The van der Waals surface area contributed by atoms with Gasteiger partial charge in [-0.05, 0) is 43.3 Å². The monoisotopic (exact) mass is 356 g/mol. The maximum Gasteiger partial charge on any atom is 0.254 e. The lowest BCUT2D eigenvalue weighted by Crippen LogP contribution is -2.38. The Labute approximate surface area is 153 Å². The predicted octanol–water partition coefficient (Wildman–Crippen LogP) is 3.28. The van der Waals surface area contributed by atoms with Crippen molar-refractivity contribution in [2.24, 2.45) is 0 Å². The van der Waals surface area contributed by atoms with E-state index in [4.69, 9.17) is 0 Å². The summed E-state index contributed by atoms with van der Waals surface area (Å²) >= 11 is 1.61. The van der Waals surface area contributed by atoms with Gasteiger partial charge in [0.05, 0.1) is 6.42 Å². The van der Waals surface area contributed by atoms with E-state index in [0.29, 0.717) is 26.1 Å². The molecule has 2 heterocycles. The highest BCUT2D eigenvalue weighted by Crippen LogP contribution is 2.16. The van der Waals surface area contributed by atoms with E-state index in [2.05, 4.69) is 0 Å². The molecule has 4 nitrogen and oxygen atoms in total. The van der Waals surface area contributed by atoms with Gasteiger partial charge in [0, 0.05) is 36.6 Å². The molecule has 0 N–H and O–H groups in total. The Morgan fingerprint density at radius 2 is 1.80 bits per heavy atom. The summed E-state index contributed by atoms with van der Waals surface area (Å²) in [5.74, 6) is 0.230. The molecule has 2 aromatic rings. The average Bonchev–Trinajstić information content (AvgIpc) is 2.95. The number of aryl methyl sites for hydroxylation is 2. The van der Waals surface area contributed by atoms with Crippen molar-refractivity contribution in [3.05, 3.63) is 57.3 Å². The Morgan fingerprint density at radius 3 is 2.52 bits per heavy atom. The summed E-state index contributed by atoms with van der Waals surface area (Å²) < 4.78 is 0. The van der Waals surface area contributed by atoms with Gasteiger partial charge < -0.3 is 9.80 Å². The molecular weight excluding hydrogens is 332 g/mol. The molecule has 0 radical (unpaired) electrons. The smallest absolute Gasteiger partial charge is 0.254 e. The first-order valence-corrected chi connectivity index (χ1v) is 9.59. The van der Waals surface area contributed by atoms with E-state index in [9.17, 15) is 9.59 Å². The molecule has 1 aliphatic rings. The molecule has 5 heteroatoms. The maximum absolute atomic E-state index is 12.8. The standard InChI is InChI=1S/C20H24N2O2S/c1-15-6-7-18(16(2)13-15)20(24)22-9-4-8-21(10-11-22)19(23)14-17-5-3-12-25-17/h3,5-7,12-13H,4,8-11,14H2,1-2H3. The van der Waals surface area contributed by atoms with Crippen molar-refractivity contribution in [3.63, 3.8) is 0 Å². The normalized spacial score (nSPS) is 15.1. The van der Waals surface area contributed by atoms with Crippen molar-refractivity contribution in [2.45, 2.75) is 26.7 Å². The topological polar surface area (TPSA) is 40.6 Å². The molecule has 0 aliphatic carbocycles. The van der Waals surface area contributed by atoms with Crippen molar-refractivity contribution in [3.8, 4) is 0 Å². The number of carbonyl (C=O) groups is 2. The van der Waals surface area contributed by atoms with Crippen molar-refractivity contribution < 1.29 is 9.59 Å². The van der Waals surface area contributed by atoms with E-state index in [0.717, 1.165) is 34.5 Å². The molecule has 1 saturated heterocycles. The van der Waals surface area contributed by atoms with Crippen molar-refractivity contribution in [1.29, 1.82) is 0 Å². The first-order valence-electron chi connectivity index (χ1n) is 8.71. The number of hydrogen-bond donors (Lipinski definition) is 0. The van der Waals surface area contributed by atoms with Crippen LogP contribution in [-0.4, -0.2) is 47.8 Å². The third-order valence-electron chi connectivity index (χ3n) is 4.65. The van der Waals surface area contributed by atoms with Gasteiger partial charge in [0.1, 0.15) is 0 Å². The van der Waals surface area contributed by atoms with Crippen molar-refractivity contribution >= 4 is 23.2 Å². The van der Waals surface area contributed by atoms with Crippen LogP contribution in [0.15, 0.2) is 35.7 Å². The summed E-state index contributed by atoms with van der Waals surface area (Å²) in [6, 6.07) is 9.91. The second-order valence-electron chi connectivity index (χ2n) is 6.60. The molecule has 1 fully saturated rings. The fourth-order valence-corrected chi connectivity index (χ4v) is 3.96. The zero-order valence-corrected chi connectivity index (χ0v) is 15.6. The third-order valence-corrected chi connectivity index (χ3v) is 5.53. The molecular formula is C20H24N2O2S. The molecule has 0 unspecified atom stereocenters. The molecule has 1 aliphatic heterocycles. The Balaban J connectivity index is 1.63. The summed E-state index contributed by atoms with van der Waals surface area (Å²) in [7, 11) is 0. The number of benzene rings is 1. The quantitative estimate of drug-likeness (QED) is 0.847. The highest BCUT2D eigenvalue weighted by molar-refractivity contribution is 7.10. The number of rotatable bonds is 3. The highest BCUT2D eigenvalue weighted by atomic mass is 32.1. The lowest BCUT2D eigenvalue weighted by atomic mass is 10.0. The fourth-order valence-electron chi connectivity index (χ4n) is 3.27. The zero-order chi connectivity index (χ0) is 17.8. The zero-order valence-electron chi connectivity index (χ0n) is 14.8. The van der Waals surface area contributed by atoms with E-state index in [1.165, 1.54) is 0 Å². The van der Waals surface area contributed by atoms with E-state index in [1.54, 1.807) is 11.3 Å². The van der Waals surface area contributed by atoms with Gasteiger partial charge in [-0.2, -0.15) is 0 Å². The first-order chi connectivity index (χ1) is 12.0. The minimum atomic E-state index is 0.0741. The lowest BCUT2D eigenvalue weighted by molar-refractivity contribution is -0.130. The second kappa shape index (κ2) is 7.83. The van der Waals surface area contributed by atoms with Crippen molar-refractivity contribution in [2.75, 3.05) is 26.2 Å². The highest BCUT2D eigenvalue weighted by Gasteiger charge is 2.23. The van der Waals surface area contributed by atoms with Crippen LogP contribution in [-0.2, 0) is 11.2 Å². The van der Waals surface area contributed by atoms with Crippen LogP contribution in [0.4, 0.5) is 0 Å². The molecule has 1 aromatic carbocycles. The molecule has 0 bridgehead atoms. The van der Waals surface area contributed by atoms with E-state index >= 15 is 0 Å². The number of carbonyl (C=O) groups excluding carboxylic acids is 2. The molecule has 0 spiro atoms. The minimum absolute atomic E-state index is 0.0741. The van der Waals surface area contributed by atoms with Gasteiger partial charge in [0.2, 0.25) is 5.91 Å². The number of thiophene rings is 1. The molecule has 0 saturated carbocycles. The Hall–Kier alpha value is -2.14. The summed E-state index contributed by atoms with van der Waals surface area (Å²) in [5, 5.41) is 2.00. The van der Waals surface area contributed by atoms with Crippen LogP contribution in [0.1, 0.15) is 32.8 Å². The number of hydrogen-bond acceptors (Lipinski definition) is 3. The second-order valence-corrected chi connectivity index (χ2v) is 7.63. The van der Waals surface area contributed by atoms with Crippen LogP contribution >= 0.6 is 11.3 Å². The Morgan fingerprint density at radius 1 is 1.04 bits per heavy atom. The molecule has 25 heavy (non-hydrogen) atoms. The minimum Gasteiger partial charge on any atom is -0.341 e. The van der Waals surface area contributed by atoms with Gasteiger partial charge in [-0.1, -0.05) is 23.8 Å². The van der Waals surface area contributed by atoms with Crippen LogP contribution in [0.3, 0.4) is 0 Å². The third kappa shape index (κ3) is 4.28. The average molecular weight is 356 g/mol. The molecule has 1 aromatic heterocycles. The number of nitrogens with zero attached hydrogens (tertiary/aromatic N) is 2. The SMILES string of the molecule is Cc1ccc(C(=O)N2CCCN(C(=O)Cc3cccs3)CC2)c(C)c1. The number of amides is 2. The largest absolute Gasteiger partial charge is 0.341 e. The predicted molar refractivity (Wildman–Crippen MR) is 101 cm³/mol. The van der Waals surface area contributed by atoms with E-state index in [-0.39, 0.29) is 11.8 Å². The van der Waals surface area contributed by atoms with Gasteiger partial charge in [-0.3, -0.25) is 9.59 Å². The van der Waals surface area contributed by atoms with Crippen LogP contribution in [0, 0.1) is 13.8 Å². The van der Waals surface area contributed by atoms with Crippen LogP contribution < -0.4 is 0 Å². The molecule has 132 valence electrons. The van der Waals surface area contributed by atoms with Gasteiger partial charge in [-0.25, -0.2) is 0 Å². The Kier molecular flexibility index (Phi) is 5.53. The van der Waals surface area contributed by atoms with Crippen LogP contribution in [0.25, 0.3) is 0 Å². The summed E-state index contributed by atoms with van der Waals surface area (Å²) in [4.78, 5) is 30.2. The van der Waals surface area contributed by atoms with Gasteiger partial charge >= 0.3 is 0 Å².